The number of anilines is 2. The predicted molar refractivity (Wildman–Crippen MR) is 103 cm³/mol. The number of amides is 1. The second-order valence-corrected chi connectivity index (χ2v) is 6.94. The van der Waals surface area contributed by atoms with Gasteiger partial charge < -0.3 is 10.2 Å². The molecule has 0 fully saturated rings. The third kappa shape index (κ3) is 3.88. The van der Waals surface area contributed by atoms with Crippen LogP contribution in [-0.2, 0) is 0 Å². The lowest BCUT2D eigenvalue weighted by molar-refractivity contribution is 0.102. The molecule has 0 spiro atoms. The molecular weight excluding hydrogens is 351 g/mol. The van der Waals surface area contributed by atoms with Crippen molar-refractivity contribution in [1.82, 2.24) is 9.97 Å². The van der Waals surface area contributed by atoms with Crippen LogP contribution in [0.15, 0.2) is 48.0 Å². The Morgan fingerprint density at radius 2 is 2.08 bits per heavy atom. The molecule has 1 amide bonds. The molecule has 2 aromatic heterocycles. The lowest BCUT2D eigenvalue weighted by Crippen LogP contribution is -2.26. The van der Waals surface area contributed by atoms with Gasteiger partial charge in [0.2, 0.25) is 0 Å². The molecule has 1 aromatic carbocycles. The highest BCUT2D eigenvalue weighted by molar-refractivity contribution is 7.13. The summed E-state index contributed by atoms with van der Waals surface area (Å²) >= 11 is 1.34. The van der Waals surface area contributed by atoms with Gasteiger partial charge in [-0.15, -0.1) is 11.3 Å². The molecule has 0 radical (unpaired) electrons. The van der Waals surface area contributed by atoms with E-state index in [0.717, 1.165) is 0 Å². The first-order valence-electron chi connectivity index (χ1n) is 8.16. The fourth-order valence-electron chi connectivity index (χ4n) is 2.33. The maximum atomic E-state index is 14.3. The number of benzene rings is 1. The quantitative estimate of drug-likeness (QED) is 0.721. The Morgan fingerprint density at radius 3 is 2.73 bits per heavy atom. The topological polar surface area (TPSA) is 58.1 Å². The van der Waals surface area contributed by atoms with Crippen LogP contribution in [0, 0.1) is 5.82 Å². The fourth-order valence-corrected chi connectivity index (χ4v) is 3.10. The van der Waals surface area contributed by atoms with Gasteiger partial charge in [0.25, 0.3) is 5.91 Å². The molecule has 0 aliphatic heterocycles. The number of pyridine rings is 1. The van der Waals surface area contributed by atoms with Crippen molar-refractivity contribution in [3.63, 3.8) is 0 Å². The number of hydrogen-bond donors (Lipinski definition) is 1. The summed E-state index contributed by atoms with van der Waals surface area (Å²) in [6, 6.07) is 10.3. The molecule has 0 atom stereocenters. The summed E-state index contributed by atoms with van der Waals surface area (Å²) < 4.78 is 14.3. The largest absolute Gasteiger partial charge is 0.370 e. The zero-order valence-electron chi connectivity index (χ0n) is 14.7. The number of nitrogens with one attached hydrogen (secondary N) is 1. The maximum Gasteiger partial charge on any atom is 0.275 e. The molecule has 7 heteroatoms. The number of carbonyl (C=O) groups excluding carboxylic acids is 1. The van der Waals surface area contributed by atoms with E-state index >= 15 is 0 Å². The normalized spacial score (nSPS) is 10.8. The van der Waals surface area contributed by atoms with Gasteiger partial charge in [-0.1, -0.05) is 6.07 Å². The summed E-state index contributed by atoms with van der Waals surface area (Å²) in [5, 5.41) is 5.01. The molecule has 134 valence electrons. The smallest absolute Gasteiger partial charge is 0.275 e. The highest BCUT2D eigenvalue weighted by atomic mass is 32.1. The van der Waals surface area contributed by atoms with E-state index in [9.17, 15) is 9.18 Å². The van der Waals surface area contributed by atoms with Crippen LogP contribution in [0.1, 0.15) is 24.3 Å². The zero-order valence-corrected chi connectivity index (χ0v) is 15.5. The Hall–Kier alpha value is -2.80. The van der Waals surface area contributed by atoms with Crippen molar-refractivity contribution in [2.24, 2.45) is 0 Å². The third-order valence-corrected chi connectivity index (χ3v) is 4.85. The third-order valence-electron chi connectivity index (χ3n) is 3.98. The van der Waals surface area contributed by atoms with Gasteiger partial charge in [0.05, 0.1) is 11.4 Å². The molecule has 3 rings (SSSR count). The molecule has 0 aliphatic carbocycles. The average molecular weight is 370 g/mol. The van der Waals surface area contributed by atoms with Crippen LogP contribution >= 0.6 is 11.3 Å². The van der Waals surface area contributed by atoms with Crippen molar-refractivity contribution in [2.45, 2.75) is 19.9 Å². The summed E-state index contributed by atoms with van der Waals surface area (Å²) in [5.41, 5.74) is 1.87. The maximum absolute atomic E-state index is 14.3. The Kier molecular flexibility index (Phi) is 5.27. The fraction of sp³-hybridized carbons (Fsp3) is 0.211. The Bertz CT molecular complexity index is 911. The standard InChI is InChI=1S/C19H19FN4OS/c1-12(2)24(3)17-8-7-13(10-14(17)20)22-18(25)16-11-26-19(23-16)15-6-4-5-9-21-15/h4-12H,1-3H3,(H,22,25). The number of aromatic nitrogens is 2. The summed E-state index contributed by atoms with van der Waals surface area (Å²) in [7, 11) is 1.83. The van der Waals surface area contributed by atoms with E-state index in [1.807, 2.05) is 44.0 Å². The van der Waals surface area contributed by atoms with Gasteiger partial charge in [0, 0.05) is 30.4 Å². The molecule has 0 unspecified atom stereocenters. The van der Waals surface area contributed by atoms with Crippen molar-refractivity contribution in [3.05, 3.63) is 59.5 Å². The van der Waals surface area contributed by atoms with Crippen molar-refractivity contribution in [1.29, 1.82) is 0 Å². The number of hydrogen-bond acceptors (Lipinski definition) is 5. The van der Waals surface area contributed by atoms with Crippen LogP contribution in [0.25, 0.3) is 10.7 Å². The first-order chi connectivity index (χ1) is 12.5. The highest BCUT2D eigenvalue weighted by Crippen LogP contribution is 2.25. The van der Waals surface area contributed by atoms with E-state index in [1.54, 1.807) is 23.7 Å². The Morgan fingerprint density at radius 1 is 1.27 bits per heavy atom. The second-order valence-electron chi connectivity index (χ2n) is 6.08. The van der Waals surface area contributed by atoms with E-state index in [1.165, 1.54) is 17.4 Å². The number of rotatable bonds is 5. The molecule has 0 saturated carbocycles. The van der Waals surface area contributed by atoms with Crippen LogP contribution in [0.3, 0.4) is 0 Å². The summed E-state index contributed by atoms with van der Waals surface area (Å²) in [6.45, 7) is 3.97. The number of halogens is 1. The van der Waals surface area contributed by atoms with Crippen LogP contribution in [-0.4, -0.2) is 29.0 Å². The summed E-state index contributed by atoms with van der Waals surface area (Å²) in [6.07, 6.45) is 1.68. The molecule has 5 nitrogen and oxygen atoms in total. The van der Waals surface area contributed by atoms with E-state index in [-0.39, 0.29) is 23.5 Å². The van der Waals surface area contributed by atoms with E-state index in [4.69, 9.17) is 0 Å². The molecule has 1 N–H and O–H groups in total. The van der Waals surface area contributed by atoms with Gasteiger partial charge in [-0.05, 0) is 44.2 Å². The zero-order chi connectivity index (χ0) is 18.7. The van der Waals surface area contributed by atoms with Crippen LogP contribution in [0.5, 0.6) is 0 Å². The molecular formula is C19H19FN4OS. The van der Waals surface area contributed by atoms with E-state index in [0.29, 0.717) is 22.1 Å². The number of nitrogens with zero attached hydrogens (tertiary/aromatic N) is 3. The van der Waals surface area contributed by atoms with Crippen LogP contribution in [0.4, 0.5) is 15.8 Å². The number of thiazole rings is 1. The minimum absolute atomic E-state index is 0.171. The van der Waals surface area contributed by atoms with Crippen LogP contribution in [0.2, 0.25) is 0 Å². The lowest BCUT2D eigenvalue weighted by atomic mass is 10.2. The van der Waals surface area contributed by atoms with Gasteiger partial charge in [-0.2, -0.15) is 0 Å². The molecule has 3 aromatic rings. The molecule has 0 aliphatic rings. The second kappa shape index (κ2) is 7.61. The molecule has 2 heterocycles. The Balaban J connectivity index is 1.74. The number of carbonyl (C=O) groups is 1. The van der Waals surface area contributed by atoms with Gasteiger partial charge in [0.15, 0.2) is 0 Å². The van der Waals surface area contributed by atoms with E-state index < -0.39 is 0 Å². The predicted octanol–water partition coefficient (Wildman–Crippen LogP) is 4.44. The average Bonchev–Trinajstić information content (AvgIpc) is 3.12. The first kappa shape index (κ1) is 18.0. The van der Waals surface area contributed by atoms with Gasteiger partial charge in [-0.3, -0.25) is 9.78 Å². The summed E-state index contributed by atoms with van der Waals surface area (Å²) in [4.78, 5) is 22.7. The molecule has 0 bridgehead atoms. The van der Waals surface area contributed by atoms with Gasteiger partial charge >= 0.3 is 0 Å². The monoisotopic (exact) mass is 370 g/mol. The molecule has 26 heavy (non-hydrogen) atoms. The minimum Gasteiger partial charge on any atom is -0.370 e. The minimum atomic E-state index is -0.383. The van der Waals surface area contributed by atoms with Gasteiger partial charge in [-0.25, -0.2) is 9.37 Å². The van der Waals surface area contributed by atoms with Crippen molar-refractivity contribution < 1.29 is 9.18 Å². The Labute approximate surface area is 155 Å². The van der Waals surface area contributed by atoms with Crippen molar-refractivity contribution in [2.75, 3.05) is 17.3 Å². The van der Waals surface area contributed by atoms with Crippen LogP contribution < -0.4 is 10.2 Å². The van der Waals surface area contributed by atoms with Crippen molar-refractivity contribution in [3.8, 4) is 10.7 Å². The van der Waals surface area contributed by atoms with Gasteiger partial charge in [0.1, 0.15) is 16.5 Å². The lowest BCUT2D eigenvalue weighted by Gasteiger charge is -2.24. The summed E-state index contributed by atoms with van der Waals surface area (Å²) in [5.74, 6) is -0.765. The molecule has 0 saturated heterocycles. The first-order valence-corrected chi connectivity index (χ1v) is 9.04. The van der Waals surface area contributed by atoms with E-state index in [2.05, 4.69) is 15.3 Å². The highest BCUT2D eigenvalue weighted by Gasteiger charge is 2.15. The van der Waals surface area contributed by atoms with Crippen molar-refractivity contribution >= 4 is 28.6 Å². The SMILES string of the molecule is CC(C)N(C)c1ccc(NC(=O)c2csc(-c3ccccn3)n2)cc1F.